The summed E-state index contributed by atoms with van der Waals surface area (Å²) >= 11 is 3.48. The Morgan fingerprint density at radius 2 is 2.36 bits per heavy atom. The SMILES string of the molecule is CC1(c2cccc(Br)c2)CNCCO1. The second-order valence-electron chi connectivity index (χ2n) is 3.77. The van der Waals surface area contributed by atoms with E-state index in [9.17, 15) is 0 Å². The number of halogens is 1. The molecule has 0 saturated carbocycles. The van der Waals surface area contributed by atoms with Gasteiger partial charge in [-0.05, 0) is 24.6 Å². The van der Waals surface area contributed by atoms with E-state index in [0.717, 1.165) is 24.2 Å². The number of hydrogen-bond donors (Lipinski definition) is 1. The quantitative estimate of drug-likeness (QED) is 0.832. The first-order valence-electron chi connectivity index (χ1n) is 4.81. The maximum atomic E-state index is 5.82. The van der Waals surface area contributed by atoms with Crippen molar-refractivity contribution < 1.29 is 4.74 Å². The van der Waals surface area contributed by atoms with Gasteiger partial charge in [-0.25, -0.2) is 0 Å². The van der Waals surface area contributed by atoms with Crippen LogP contribution >= 0.6 is 15.9 Å². The summed E-state index contributed by atoms with van der Waals surface area (Å²) in [6, 6.07) is 8.30. The first-order chi connectivity index (χ1) is 6.71. The van der Waals surface area contributed by atoms with Gasteiger partial charge in [-0.15, -0.1) is 0 Å². The lowest BCUT2D eigenvalue weighted by molar-refractivity contribution is -0.0572. The monoisotopic (exact) mass is 255 g/mol. The van der Waals surface area contributed by atoms with Crippen LogP contribution in [-0.2, 0) is 10.3 Å². The van der Waals surface area contributed by atoms with E-state index in [-0.39, 0.29) is 5.60 Å². The minimum Gasteiger partial charge on any atom is -0.368 e. The van der Waals surface area contributed by atoms with E-state index in [2.05, 4.69) is 40.3 Å². The molecule has 1 aromatic carbocycles. The summed E-state index contributed by atoms with van der Waals surface area (Å²) in [6.07, 6.45) is 0. The number of nitrogens with one attached hydrogen (secondary N) is 1. The fourth-order valence-electron chi connectivity index (χ4n) is 1.73. The molecule has 1 heterocycles. The van der Waals surface area contributed by atoms with Gasteiger partial charge in [0.05, 0.1) is 6.61 Å². The van der Waals surface area contributed by atoms with E-state index in [1.54, 1.807) is 0 Å². The second kappa shape index (κ2) is 4.01. The fourth-order valence-corrected chi connectivity index (χ4v) is 2.13. The third-order valence-electron chi connectivity index (χ3n) is 2.60. The number of ether oxygens (including phenoxy) is 1. The summed E-state index contributed by atoms with van der Waals surface area (Å²) in [5, 5.41) is 3.35. The molecule has 0 aliphatic carbocycles. The first-order valence-corrected chi connectivity index (χ1v) is 5.61. The third kappa shape index (κ3) is 2.00. The molecule has 1 aliphatic heterocycles. The Hall–Kier alpha value is -0.380. The van der Waals surface area contributed by atoms with Crippen molar-refractivity contribution in [2.45, 2.75) is 12.5 Å². The number of rotatable bonds is 1. The van der Waals surface area contributed by atoms with Gasteiger partial charge in [0.1, 0.15) is 5.60 Å². The zero-order chi connectivity index (χ0) is 10.0. The molecule has 3 heteroatoms. The molecule has 76 valence electrons. The van der Waals surface area contributed by atoms with Crippen LogP contribution in [0.2, 0.25) is 0 Å². The summed E-state index contributed by atoms with van der Waals surface area (Å²) in [7, 11) is 0. The Morgan fingerprint density at radius 1 is 1.50 bits per heavy atom. The highest BCUT2D eigenvalue weighted by atomic mass is 79.9. The average molecular weight is 256 g/mol. The van der Waals surface area contributed by atoms with Gasteiger partial charge in [0, 0.05) is 17.6 Å². The van der Waals surface area contributed by atoms with Crippen LogP contribution in [0.15, 0.2) is 28.7 Å². The molecule has 1 fully saturated rings. The Bertz CT molecular complexity index is 321. The summed E-state index contributed by atoms with van der Waals surface area (Å²) in [5.41, 5.74) is 1.04. The van der Waals surface area contributed by atoms with Gasteiger partial charge in [-0.3, -0.25) is 0 Å². The molecule has 1 N–H and O–H groups in total. The van der Waals surface area contributed by atoms with E-state index in [4.69, 9.17) is 4.74 Å². The van der Waals surface area contributed by atoms with Crippen LogP contribution in [0.25, 0.3) is 0 Å². The molecule has 1 atom stereocenters. The molecule has 14 heavy (non-hydrogen) atoms. The van der Waals surface area contributed by atoms with Crippen molar-refractivity contribution in [2.24, 2.45) is 0 Å². The van der Waals surface area contributed by atoms with Gasteiger partial charge in [0.15, 0.2) is 0 Å². The molecule has 0 radical (unpaired) electrons. The fraction of sp³-hybridized carbons (Fsp3) is 0.455. The number of benzene rings is 1. The van der Waals surface area contributed by atoms with E-state index in [1.165, 1.54) is 5.56 Å². The maximum Gasteiger partial charge on any atom is 0.103 e. The topological polar surface area (TPSA) is 21.3 Å². The average Bonchev–Trinajstić information content (AvgIpc) is 2.19. The normalized spacial score (nSPS) is 27.6. The third-order valence-corrected chi connectivity index (χ3v) is 3.09. The molecule has 2 rings (SSSR count). The first kappa shape index (κ1) is 10.1. The van der Waals surface area contributed by atoms with Gasteiger partial charge in [-0.2, -0.15) is 0 Å². The van der Waals surface area contributed by atoms with Gasteiger partial charge in [0.2, 0.25) is 0 Å². The zero-order valence-electron chi connectivity index (χ0n) is 8.22. The molecular weight excluding hydrogens is 242 g/mol. The molecular formula is C11H14BrNO. The van der Waals surface area contributed by atoms with Crippen molar-refractivity contribution in [1.82, 2.24) is 5.32 Å². The molecule has 0 spiro atoms. The van der Waals surface area contributed by atoms with E-state index < -0.39 is 0 Å². The van der Waals surface area contributed by atoms with Crippen molar-refractivity contribution >= 4 is 15.9 Å². The van der Waals surface area contributed by atoms with Gasteiger partial charge in [0.25, 0.3) is 0 Å². The van der Waals surface area contributed by atoms with Gasteiger partial charge >= 0.3 is 0 Å². The van der Waals surface area contributed by atoms with E-state index in [1.807, 2.05) is 12.1 Å². The second-order valence-corrected chi connectivity index (χ2v) is 4.68. The zero-order valence-corrected chi connectivity index (χ0v) is 9.80. The highest BCUT2D eigenvalue weighted by molar-refractivity contribution is 9.10. The Morgan fingerprint density at radius 3 is 3.00 bits per heavy atom. The van der Waals surface area contributed by atoms with Crippen LogP contribution in [0.1, 0.15) is 12.5 Å². The van der Waals surface area contributed by atoms with E-state index in [0.29, 0.717) is 0 Å². The Kier molecular flexibility index (Phi) is 2.91. The molecule has 1 unspecified atom stereocenters. The molecule has 0 amide bonds. The highest BCUT2D eigenvalue weighted by Crippen LogP contribution is 2.28. The molecule has 0 aromatic heterocycles. The van der Waals surface area contributed by atoms with Crippen LogP contribution in [0.3, 0.4) is 0 Å². The highest BCUT2D eigenvalue weighted by Gasteiger charge is 2.29. The van der Waals surface area contributed by atoms with Crippen LogP contribution in [0, 0.1) is 0 Å². The molecule has 1 aliphatic rings. The lowest BCUT2D eigenvalue weighted by Gasteiger charge is -2.35. The summed E-state index contributed by atoms with van der Waals surface area (Å²) in [5.74, 6) is 0. The summed E-state index contributed by atoms with van der Waals surface area (Å²) in [6.45, 7) is 4.73. The van der Waals surface area contributed by atoms with E-state index >= 15 is 0 Å². The van der Waals surface area contributed by atoms with Crippen molar-refractivity contribution in [1.29, 1.82) is 0 Å². The number of hydrogen-bond acceptors (Lipinski definition) is 2. The summed E-state index contributed by atoms with van der Waals surface area (Å²) < 4.78 is 6.93. The lowest BCUT2D eigenvalue weighted by Crippen LogP contribution is -2.45. The van der Waals surface area contributed by atoms with Crippen molar-refractivity contribution in [3.8, 4) is 0 Å². The van der Waals surface area contributed by atoms with Crippen molar-refractivity contribution in [2.75, 3.05) is 19.7 Å². The summed E-state index contributed by atoms with van der Waals surface area (Å²) in [4.78, 5) is 0. The molecule has 0 bridgehead atoms. The lowest BCUT2D eigenvalue weighted by atomic mass is 9.95. The Balaban J connectivity index is 2.28. The molecule has 2 nitrogen and oxygen atoms in total. The smallest absolute Gasteiger partial charge is 0.103 e. The van der Waals surface area contributed by atoms with Crippen LogP contribution in [0.4, 0.5) is 0 Å². The Labute approximate surface area is 92.8 Å². The van der Waals surface area contributed by atoms with Crippen LogP contribution in [-0.4, -0.2) is 19.7 Å². The van der Waals surface area contributed by atoms with Gasteiger partial charge < -0.3 is 10.1 Å². The van der Waals surface area contributed by atoms with Gasteiger partial charge in [-0.1, -0.05) is 28.1 Å². The minimum absolute atomic E-state index is 0.179. The largest absolute Gasteiger partial charge is 0.368 e. The van der Waals surface area contributed by atoms with Crippen LogP contribution in [0.5, 0.6) is 0 Å². The number of morpholine rings is 1. The standard InChI is InChI=1S/C11H14BrNO/c1-11(8-13-5-6-14-11)9-3-2-4-10(12)7-9/h2-4,7,13H,5-6,8H2,1H3. The maximum absolute atomic E-state index is 5.82. The molecule has 1 aromatic rings. The predicted molar refractivity (Wildman–Crippen MR) is 60.3 cm³/mol. The van der Waals surface area contributed by atoms with Crippen molar-refractivity contribution in [3.63, 3.8) is 0 Å². The predicted octanol–water partition coefficient (Wildman–Crippen LogP) is 2.28. The van der Waals surface area contributed by atoms with Crippen LogP contribution < -0.4 is 5.32 Å². The minimum atomic E-state index is -0.179. The van der Waals surface area contributed by atoms with Crippen molar-refractivity contribution in [3.05, 3.63) is 34.3 Å². The molecule has 1 saturated heterocycles.